The fourth-order valence-corrected chi connectivity index (χ4v) is 2.49. The maximum Gasteiger partial charge on any atom is 0.224 e. The molecule has 106 valence electrons. The van der Waals surface area contributed by atoms with Crippen LogP contribution in [0.2, 0.25) is 0 Å². The number of carbonyl (C=O) groups is 1. The zero-order valence-electron chi connectivity index (χ0n) is 10.4. The molecular weight excluding hydrogens is 335 g/mol. The van der Waals surface area contributed by atoms with E-state index in [2.05, 4.69) is 26.6 Å². The molecule has 0 aliphatic carbocycles. The Bertz CT molecular complexity index is 439. The molecule has 0 radical (unpaired) electrons. The summed E-state index contributed by atoms with van der Waals surface area (Å²) < 4.78 is 13.4. The summed E-state index contributed by atoms with van der Waals surface area (Å²) in [5.74, 6) is -0.337. The van der Waals surface area contributed by atoms with E-state index < -0.39 is 0 Å². The van der Waals surface area contributed by atoms with Crippen molar-refractivity contribution in [2.24, 2.45) is 0 Å². The van der Waals surface area contributed by atoms with Gasteiger partial charge in [0.05, 0.1) is 10.9 Å². The van der Waals surface area contributed by atoms with Crippen LogP contribution in [0.5, 0.6) is 0 Å². The van der Waals surface area contributed by atoms with Crippen LogP contribution in [0, 0.1) is 5.82 Å². The molecule has 1 aliphatic rings. The van der Waals surface area contributed by atoms with Gasteiger partial charge in [-0.25, -0.2) is 4.39 Å². The smallest absolute Gasteiger partial charge is 0.224 e. The topological polar surface area (TPSA) is 41.1 Å². The Kier molecular flexibility index (Phi) is 6.75. The third kappa shape index (κ3) is 5.09. The van der Waals surface area contributed by atoms with Crippen LogP contribution in [0.25, 0.3) is 0 Å². The summed E-state index contributed by atoms with van der Waals surface area (Å²) in [5.41, 5.74) is 0.806. The third-order valence-electron chi connectivity index (χ3n) is 3.06. The van der Waals surface area contributed by atoms with Crippen molar-refractivity contribution in [1.29, 1.82) is 0 Å². The van der Waals surface area contributed by atoms with Gasteiger partial charge in [0.15, 0.2) is 0 Å². The predicted molar refractivity (Wildman–Crippen MR) is 79.1 cm³/mol. The van der Waals surface area contributed by atoms with E-state index in [0.717, 1.165) is 18.5 Å². The van der Waals surface area contributed by atoms with Gasteiger partial charge in [-0.3, -0.25) is 4.79 Å². The van der Waals surface area contributed by atoms with Crippen molar-refractivity contribution in [2.45, 2.75) is 25.3 Å². The average molecular weight is 352 g/mol. The first kappa shape index (κ1) is 16.4. The molecule has 1 amide bonds. The van der Waals surface area contributed by atoms with Crippen molar-refractivity contribution in [2.75, 3.05) is 13.1 Å². The van der Waals surface area contributed by atoms with Crippen molar-refractivity contribution in [3.05, 3.63) is 34.1 Å². The Morgan fingerprint density at radius 1 is 1.53 bits per heavy atom. The van der Waals surface area contributed by atoms with Gasteiger partial charge in [-0.1, -0.05) is 6.07 Å². The number of halogens is 3. The second-order valence-electron chi connectivity index (χ2n) is 4.52. The average Bonchev–Trinajstić information content (AvgIpc) is 2.84. The largest absolute Gasteiger partial charge is 0.354 e. The summed E-state index contributed by atoms with van der Waals surface area (Å²) in [6.07, 6.45) is 2.57. The van der Waals surface area contributed by atoms with Crippen molar-refractivity contribution in [3.8, 4) is 0 Å². The standard InChI is InChI=1S/C13H16BrFN2O.ClH/c14-11-6-9(3-4-12(11)15)7-13(18)17-8-10-2-1-5-16-10;/h3-4,6,10,16H,1-2,5,7-8H2,(H,17,18);1H. The number of carbonyl (C=O) groups excluding carboxylic acids is 1. The van der Waals surface area contributed by atoms with E-state index in [0.29, 0.717) is 17.1 Å². The number of hydrogen-bond donors (Lipinski definition) is 2. The zero-order valence-corrected chi connectivity index (χ0v) is 12.8. The lowest BCUT2D eigenvalue weighted by Gasteiger charge is -2.11. The summed E-state index contributed by atoms with van der Waals surface area (Å²) in [6, 6.07) is 5.04. The molecule has 2 rings (SSSR count). The molecule has 0 bridgehead atoms. The molecule has 1 aromatic carbocycles. The first-order chi connectivity index (χ1) is 8.65. The monoisotopic (exact) mass is 350 g/mol. The van der Waals surface area contributed by atoms with Crippen LogP contribution in [0.3, 0.4) is 0 Å². The van der Waals surface area contributed by atoms with Gasteiger partial charge in [-0.05, 0) is 53.0 Å². The van der Waals surface area contributed by atoms with Crippen LogP contribution in [-0.4, -0.2) is 25.0 Å². The fraction of sp³-hybridized carbons (Fsp3) is 0.462. The molecule has 0 spiro atoms. The Balaban J connectivity index is 0.00000180. The van der Waals surface area contributed by atoms with E-state index in [-0.39, 0.29) is 30.6 Å². The van der Waals surface area contributed by atoms with Gasteiger partial charge in [-0.2, -0.15) is 0 Å². The summed E-state index contributed by atoms with van der Waals surface area (Å²) in [4.78, 5) is 11.7. The molecule has 1 heterocycles. The number of amides is 1. The lowest BCUT2D eigenvalue weighted by atomic mass is 10.1. The molecule has 1 atom stereocenters. The highest BCUT2D eigenvalue weighted by Crippen LogP contribution is 2.17. The van der Waals surface area contributed by atoms with Gasteiger partial charge < -0.3 is 10.6 Å². The molecule has 0 aromatic heterocycles. The number of rotatable bonds is 4. The maximum absolute atomic E-state index is 13.0. The van der Waals surface area contributed by atoms with Gasteiger partial charge in [-0.15, -0.1) is 12.4 Å². The Labute approximate surface area is 126 Å². The number of hydrogen-bond acceptors (Lipinski definition) is 2. The second-order valence-corrected chi connectivity index (χ2v) is 5.38. The second kappa shape index (κ2) is 7.82. The van der Waals surface area contributed by atoms with E-state index in [9.17, 15) is 9.18 Å². The molecule has 1 aromatic rings. The minimum absolute atomic E-state index is 0. The first-order valence-corrected chi connectivity index (χ1v) is 6.88. The minimum atomic E-state index is -0.311. The predicted octanol–water partition coefficient (Wildman–Crippen LogP) is 2.42. The highest BCUT2D eigenvalue weighted by molar-refractivity contribution is 9.10. The molecule has 1 saturated heterocycles. The Hall–Kier alpha value is -0.650. The van der Waals surface area contributed by atoms with Crippen molar-refractivity contribution < 1.29 is 9.18 Å². The van der Waals surface area contributed by atoms with Crippen LogP contribution < -0.4 is 10.6 Å². The van der Waals surface area contributed by atoms with Gasteiger partial charge in [0.25, 0.3) is 0 Å². The molecule has 19 heavy (non-hydrogen) atoms. The molecule has 1 fully saturated rings. The van der Waals surface area contributed by atoms with Crippen LogP contribution in [0.15, 0.2) is 22.7 Å². The molecular formula is C13H17BrClFN2O. The summed E-state index contributed by atoms with van der Waals surface area (Å²) in [7, 11) is 0. The number of benzene rings is 1. The molecule has 3 nitrogen and oxygen atoms in total. The molecule has 2 N–H and O–H groups in total. The van der Waals surface area contributed by atoms with E-state index >= 15 is 0 Å². The lowest BCUT2D eigenvalue weighted by Crippen LogP contribution is -2.37. The van der Waals surface area contributed by atoms with Crippen molar-refractivity contribution in [1.82, 2.24) is 10.6 Å². The van der Waals surface area contributed by atoms with Crippen molar-refractivity contribution in [3.63, 3.8) is 0 Å². The normalized spacial score (nSPS) is 17.9. The van der Waals surface area contributed by atoms with E-state index in [1.165, 1.54) is 12.5 Å². The highest BCUT2D eigenvalue weighted by Gasteiger charge is 2.14. The van der Waals surface area contributed by atoms with Crippen LogP contribution >= 0.6 is 28.3 Å². The third-order valence-corrected chi connectivity index (χ3v) is 3.66. The van der Waals surface area contributed by atoms with Crippen LogP contribution in [0.1, 0.15) is 18.4 Å². The molecule has 0 saturated carbocycles. The SMILES string of the molecule is Cl.O=C(Cc1ccc(F)c(Br)c1)NCC1CCCN1. The van der Waals surface area contributed by atoms with Crippen molar-refractivity contribution >= 4 is 34.2 Å². The highest BCUT2D eigenvalue weighted by atomic mass is 79.9. The molecule has 6 heteroatoms. The fourth-order valence-electron chi connectivity index (χ4n) is 2.07. The minimum Gasteiger partial charge on any atom is -0.354 e. The van der Waals surface area contributed by atoms with E-state index in [1.54, 1.807) is 12.1 Å². The summed E-state index contributed by atoms with van der Waals surface area (Å²) in [5, 5.41) is 6.22. The maximum atomic E-state index is 13.0. The Morgan fingerprint density at radius 2 is 2.32 bits per heavy atom. The van der Waals surface area contributed by atoms with Gasteiger partial charge in [0.1, 0.15) is 5.82 Å². The summed E-state index contributed by atoms with van der Waals surface area (Å²) in [6.45, 7) is 1.70. The van der Waals surface area contributed by atoms with E-state index in [1.807, 2.05) is 0 Å². The van der Waals surface area contributed by atoms with Gasteiger partial charge in [0, 0.05) is 12.6 Å². The van der Waals surface area contributed by atoms with Crippen LogP contribution in [-0.2, 0) is 11.2 Å². The quantitative estimate of drug-likeness (QED) is 0.875. The molecule has 1 aliphatic heterocycles. The summed E-state index contributed by atoms with van der Waals surface area (Å²) >= 11 is 3.11. The van der Waals surface area contributed by atoms with Crippen LogP contribution in [0.4, 0.5) is 4.39 Å². The van der Waals surface area contributed by atoms with Gasteiger partial charge >= 0.3 is 0 Å². The molecule has 1 unspecified atom stereocenters. The lowest BCUT2D eigenvalue weighted by molar-refractivity contribution is -0.120. The van der Waals surface area contributed by atoms with Gasteiger partial charge in [0.2, 0.25) is 5.91 Å². The first-order valence-electron chi connectivity index (χ1n) is 6.09. The van der Waals surface area contributed by atoms with E-state index in [4.69, 9.17) is 0 Å². The number of nitrogens with one attached hydrogen (secondary N) is 2. The Morgan fingerprint density at radius 3 is 2.95 bits per heavy atom. The zero-order chi connectivity index (χ0) is 13.0.